The second-order valence-electron chi connectivity index (χ2n) is 4.99. The van der Waals surface area contributed by atoms with E-state index in [0.29, 0.717) is 25.3 Å². The minimum absolute atomic E-state index is 0.0312. The fourth-order valence-corrected chi connectivity index (χ4v) is 2.50. The summed E-state index contributed by atoms with van der Waals surface area (Å²) in [5.41, 5.74) is 0.0312. The number of carboxylic acids is 1. The highest BCUT2D eigenvalue weighted by atomic mass is 16.6. The fraction of sp³-hybridized carbons (Fsp3) is 0.500. The van der Waals surface area contributed by atoms with Crippen molar-refractivity contribution in [2.45, 2.75) is 25.3 Å². The van der Waals surface area contributed by atoms with Crippen LogP contribution in [0.15, 0.2) is 24.3 Å². The van der Waals surface area contributed by atoms with Gasteiger partial charge in [-0.15, -0.1) is 0 Å². The maximum absolute atomic E-state index is 11.0. The number of non-ortho nitro benzene ring substituents is 1. The van der Waals surface area contributed by atoms with Gasteiger partial charge < -0.3 is 9.84 Å². The number of nitrogens with zero attached hydrogens (tertiary/aromatic N) is 2. The fourth-order valence-electron chi connectivity index (χ4n) is 2.50. The Morgan fingerprint density at radius 3 is 2.76 bits per heavy atom. The predicted molar refractivity (Wildman–Crippen MR) is 75.4 cm³/mol. The first-order valence-corrected chi connectivity index (χ1v) is 6.92. The Bertz CT molecular complexity index is 503. The summed E-state index contributed by atoms with van der Waals surface area (Å²) in [7, 11) is 0. The third-order valence-electron chi connectivity index (χ3n) is 3.55. The van der Waals surface area contributed by atoms with Gasteiger partial charge >= 0.3 is 5.97 Å². The molecule has 1 aromatic carbocycles. The molecule has 1 N–H and O–H groups in total. The second kappa shape index (κ2) is 7.03. The van der Waals surface area contributed by atoms with Crippen molar-refractivity contribution >= 4 is 11.7 Å². The molecule has 0 spiro atoms. The molecule has 1 aliphatic heterocycles. The number of nitro groups is 1. The van der Waals surface area contributed by atoms with E-state index in [2.05, 4.69) is 0 Å². The molecule has 1 aliphatic rings. The van der Waals surface area contributed by atoms with Crippen LogP contribution >= 0.6 is 0 Å². The van der Waals surface area contributed by atoms with Crippen LogP contribution in [-0.2, 0) is 4.79 Å². The van der Waals surface area contributed by atoms with Crippen LogP contribution in [-0.4, -0.2) is 46.6 Å². The van der Waals surface area contributed by atoms with Crippen LogP contribution in [0.1, 0.15) is 19.3 Å². The summed E-state index contributed by atoms with van der Waals surface area (Å²) in [5.74, 6) is -0.180. The van der Waals surface area contributed by atoms with Crippen LogP contribution in [0.5, 0.6) is 5.75 Å². The van der Waals surface area contributed by atoms with E-state index in [-0.39, 0.29) is 11.7 Å². The van der Waals surface area contributed by atoms with Gasteiger partial charge in [0, 0.05) is 18.7 Å². The zero-order chi connectivity index (χ0) is 15.2. The molecule has 0 radical (unpaired) electrons. The summed E-state index contributed by atoms with van der Waals surface area (Å²) in [5, 5.41) is 19.6. The Hall–Kier alpha value is -2.15. The number of nitro benzene ring substituents is 1. The Kier molecular flexibility index (Phi) is 5.10. The third-order valence-corrected chi connectivity index (χ3v) is 3.55. The number of carboxylic acid groups (broad SMARTS) is 1. The lowest BCUT2D eigenvalue weighted by Crippen LogP contribution is -2.36. The van der Waals surface area contributed by atoms with Gasteiger partial charge in [0.25, 0.3) is 5.69 Å². The Labute approximate surface area is 122 Å². The van der Waals surface area contributed by atoms with E-state index in [1.54, 1.807) is 12.1 Å². The maximum Gasteiger partial charge on any atom is 0.320 e. The minimum atomic E-state index is -0.760. The van der Waals surface area contributed by atoms with E-state index < -0.39 is 10.9 Å². The van der Waals surface area contributed by atoms with Crippen molar-refractivity contribution in [3.63, 3.8) is 0 Å². The largest absolute Gasteiger partial charge is 0.494 e. The average Bonchev–Trinajstić information content (AvgIpc) is 2.92. The molecule has 1 heterocycles. The van der Waals surface area contributed by atoms with Crippen molar-refractivity contribution in [1.82, 2.24) is 4.90 Å². The predicted octanol–water partition coefficient (Wildman–Crippen LogP) is 1.91. The van der Waals surface area contributed by atoms with Crippen LogP contribution in [0.2, 0.25) is 0 Å². The molecule has 0 aliphatic carbocycles. The highest BCUT2D eigenvalue weighted by Crippen LogP contribution is 2.19. The highest BCUT2D eigenvalue weighted by molar-refractivity contribution is 5.73. The maximum atomic E-state index is 11.0. The molecule has 1 saturated heterocycles. The van der Waals surface area contributed by atoms with Crippen LogP contribution < -0.4 is 4.74 Å². The van der Waals surface area contributed by atoms with Crippen molar-refractivity contribution in [3.05, 3.63) is 34.4 Å². The van der Waals surface area contributed by atoms with Crippen molar-refractivity contribution < 1.29 is 19.6 Å². The summed E-state index contributed by atoms with van der Waals surface area (Å²) in [6, 6.07) is 5.55. The van der Waals surface area contributed by atoms with Gasteiger partial charge in [-0.3, -0.25) is 19.8 Å². The molecule has 7 heteroatoms. The SMILES string of the molecule is O=C(O)[C@H]1CCCN1CCCOc1ccc([N+](=O)[O-])cc1. The lowest BCUT2D eigenvalue weighted by molar-refractivity contribution is -0.384. The van der Waals surface area contributed by atoms with E-state index >= 15 is 0 Å². The van der Waals surface area contributed by atoms with E-state index in [9.17, 15) is 14.9 Å². The lowest BCUT2D eigenvalue weighted by atomic mass is 10.2. The standard InChI is InChI=1S/C14H18N2O5/c17-14(18)13-3-1-8-15(13)9-2-10-21-12-6-4-11(5-7-12)16(19)20/h4-7,13H,1-3,8-10H2,(H,17,18)/t13-/m1/s1. The average molecular weight is 294 g/mol. The van der Waals surface area contributed by atoms with Crippen LogP contribution in [0, 0.1) is 10.1 Å². The smallest absolute Gasteiger partial charge is 0.320 e. The molecular formula is C14H18N2O5. The first kappa shape index (κ1) is 15.2. The van der Waals surface area contributed by atoms with E-state index in [0.717, 1.165) is 19.4 Å². The number of hydrogen-bond acceptors (Lipinski definition) is 5. The van der Waals surface area contributed by atoms with E-state index in [1.807, 2.05) is 4.90 Å². The van der Waals surface area contributed by atoms with Gasteiger partial charge in [-0.05, 0) is 37.9 Å². The third kappa shape index (κ3) is 4.16. The number of rotatable bonds is 7. The molecule has 2 rings (SSSR count). The van der Waals surface area contributed by atoms with Gasteiger partial charge in [0.05, 0.1) is 11.5 Å². The summed E-state index contributed by atoms with van der Waals surface area (Å²) in [6.07, 6.45) is 2.35. The van der Waals surface area contributed by atoms with Gasteiger partial charge in [-0.2, -0.15) is 0 Å². The number of carbonyl (C=O) groups is 1. The monoisotopic (exact) mass is 294 g/mol. The van der Waals surface area contributed by atoms with E-state index in [4.69, 9.17) is 9.84 Å². The molecule has 1 aromatic rings. The topological polar surface area (TPSA) is 92.9 Å². The Morgan fingerprint density at radius 1 is 1.43 bits per heavy atom. The van der Waals surface area contributed by atoms with Gasteiger partial charge in [-0.1, -0.05) is 0 Å². The zero-order valence-corrected chi connectivity index (χ0v) is 11.6. The Morgan fingerprint density at radius 2 is 2.14 bits per heavy atom. The summed E-state index contributed by atoms with van der Waals surface area (Å²) >= 11 is 0. The van der Waals surface area contributed by atoms with Crippen molar-refractivity contribution in [2.24, 2.45) is 0 Å². The molecule has 0 aromatic heterocycles. The number of hydrogen-bond donors (Lipinski definition) is 1. The van der Waals surface area contributed by atoms with Gasteiger partial charge in [0.15, 0.2) is 0 Å². The summed E-state index contributed by atoms with van der Waals surface area (Å²) in [4.78, 5) is 23.0. The zero-order valence-electron chi connectivity index (χ0n) is 11.6. The first-order chi connectivity index (χ1) is 10.1. The molecule has 7 nitrogen and oxygen atoms in total. The number of ether oxygens (including phenoxy) is 1. The Balaban J connectivity index is 1.72. The van der Waals surface area contributed by atoms with Gasteiger partial charge in [0.2, 0.25) is 0 Å². The molecule has 0 saturated carbocycles. The van der Waals surface area contributed by atoms with Crippen molar-refractivity contribution in [1.29, 1.82) is 0 Å². The van der Waals surface area contributed by atoms with Crippen LogP contribution in [0.4, 0.5) is 5.69 Å². The summed E-state index contributed by atoms with van der Waals surface area (Å²) in [6.45, 7) is 1.96. The summed E-state index contributed by atoms with van der Waals surface area (Å²) < 4.78 is 5.50. The second-order valence-corrected chi connectivity index (χ2v) is 4.99. The molecule has 0 amide bonds. The normalized spacial score (nSPS) is 18.6. The molecule has 1 atom stereocenters. The number of likely N-dealkylation sites (tertiary alicyclic amines) is 1. The molecule has 1 fully saturated rings. The number of aliphatic carboxylic acids is 1. The van der Waals surface area contributed by atoms with Crippen molar-refractivity contribution in [3.8, 4) is 5.75 Å². The molecular weight excluding hydrogens is 276 g/mol. The molecule has 21 heavy (non-hydrogen) atoms. The number of benzene rings is 1. The van der Waals surface area contributed by atoms with Gasteiger partial charge in [0.1, 0.15) is 11.8 Å². The molecule has 0 unspecified atom stereocenters. The van der Waals surface area contributed by atoms with Gasteiger partial charge in [-0.25, -0.2) is 0 Å². The van der Waals surface area contributed by atoms with Crippen LogP contribution in [0.3, 0.4) is 0 Å². The van der Waals surface area contributed by atoms with Crippen LogP contribution in [0.25, 0.3) is 0 Å². The molecule has 114 valence electrons. The van der Waals surface area contributed by atoms with Crippen molar-refractivity contribution in [2.75, 3.05) is 19.7 Å². The molecule has 0 bridgehead atoms. The quantitative estimate of drug-likeness (QED) is 0.469. The first-order valence-electron chi connectivity index (χ1n) is 6.92. The highest BCUT2D eigenvalue weighted by Gasteiger charge is 2.29. The lowest BCUT2D eigenvalue weighted by Gasteiger charge is -2.20. The van der Waals surface area contributed by atoms with E-state index in [1.165, 1.54) is 12.1 Å². The minimum Gasteiger partial charge on any atom is -0.494 e.